The van der Waals surface area contributed by atoms with Crippen LogP contribution < -0.4 is 0 Å². The van der Waals surface area contributed by atoms with E-state index in [0.29, 0.717) is 0 Å². The molecule has 1 aliphatic carbocycles. The molecule has 1 aliphatic rings. The third-order valence-electron chi connectivity index (χ3n) is 3.37. The summed E-state index contributed by atoms with van der Waals surface area (Å²) in [6.45, 7) is 4.49. The molecule has 1 N–H and O–H groups in total. The molecule has 0 radical (unpaired) electrons. The summed E-state index contributed by atoms with van der Waals surface area (Å²) in [6, 6.07) is 8.88. The van der Waals surface area contributed by atoms with Crippen LogP contribution in [-0.4, -0.2) is 10.7 Å². The van der Waals surface area contributed by atoms with Gasteiger partial charge in [0.1, 0.15) is 0 Å². The van der Waals surface area contributed by atoms with E-state index < -0.39 is 0 Å². The standard InChI is InChI=1S/C15H22O/c1-12(2)11-14-5-3-13(4-6-14)7-8-15(16)9-10-15/h3-6,12,16H,7-11H2,1-2H3. The highest BCUT2D eigenvalue weighted by Crippen LogP contribution is 2.39. The van der Waals surface area contributed by atoms with Crippen LogP contribution in [0.5, 0.6) is 0 Å². The van der Waals surface area contributed by atoms with Gasteiger partial charge >= 0.3 is 0 Å². The molecule has 1 fully saturated rings. The predicted octanol–water partition coefficient (Wildman–Crippen LogP) is 3.34. The van der Waals surface area contributed by atoms with E-state index in [9.17, 15) is 5.11 Å². The van der Waals surface area contributed by atoms with Gasteiger partial charge in [-0.2, -0.15) is 0 Å². The summed E-state index contributed by atoms with van der Waals surface area (Å²) in [5.74, 6) is 0.720. The average Bonchev–Trinajstić information content (AvgIpc) is 2.96. The Kier molecular flexibility index (Phi) is 3.34. The molecule has 1 aromatic carbocycles. The third kappa shape index (κ3) is 3.34. The Morgan fingerprint density at radius 2 is 1.69 bits per heavy atom. The maximum absolute atomic E-state index is 9.76. The Labute approximate surface area is 98.5 Å². The van der Waals surface area contributed by atoms with Crippen molar-refractivity contribution in [2.24, 2.45) is 5.92 Å². The smallest absolute Gasteiger partial charge is 0.0653 e. The van der Waals surface area contributed by atoms with E-state index in [1.165, 1.54) is 11.1 Å². The van der Waals surface area contributed by atoms with Gasteiger partial charge in [-0.1, -0.05) is 38.1 Å². The quantitative estimate of drug-likeness (QED) is 0.803. The molecule has 1 heteroatoms. The van der Waals surface area contributed by atoms with Crippen molar-refractivity contribution in [3.05, 3.63) is 35.4 Å². The molecule has 16 heavy (non-hydrogen) atoms. The van der Waals surface area contributed by atoms with Crippen LogP contribution in [0, 0.1) is 5.92 Å². The van der Waals surface area contributed by atoms with Gasteiger partial charge in [0.25, 0.3) is 0 Å². The van der Waals surface area contributed by atoms with Crippen LogP contribution >= 0.6 is 0 Å². The lowest BCUT2D eigenvalue weighted by Gasteiger charge is -2.09. The minimum absolute atomic E-state index is 0.309. The molecule has 1 nitrogen and oxygen atoms in total. The number of hydrogen-bond acceptors (Lipinski definition) is 1. The fraction of sp³-hybridized carbons (Fsp3) is 0.600. The summed E-state index contributed by atoms with van der Waals surface area (Å²) in [7, 11) is 0. The lowest BCUT2D eigenvalue weighted by atomic mass is 9.99. The SMILES string of the molecule is CC(C)Cc1ccc(CCC2(O)CC2)cc1. The predicted molar refractivity (Wildman–Crippen MR) is 67.5 cm³/mol. The number of aryl methyl sites for hydroxylation is 1. The van der Waals surface area contributed by atoms with Crippen LogP contribution in [0.4, 0.5) is 0 Å². The summed E-state index contributed by atoms with van der Waals surface area (Å²) in [5.41, 5.74) is 2.47. The van der Waals surface area contributed by atoms with Gasteiger partial charge in [-0.3, -0.25) is 0 Å². The molecule has 1 saturated carbocycles. The molecule has 0 amide bonds. The summed E-state index contributed by atoms with van der Waals surface area (Å²) in [6.07, 6.45) is 5.09. The summed E-state index contributed by atoms with van der Waals surface area (Å²) in [5, 5.41) is 9.76. The zero-order valence-corrected chi connectivity index (χ0v) is 10.4. The number of rotatable bonds is 5. The van der Waals surface area contributed by atoms with Crippen molar-refractivity contribution in [2.75, 3.05) is 0 Å². The van der Waals surface area contributed by atoms with Crippen molar-refractivity contribution in [1.82, 2.24) is 0 Å². The molecule has 0 heterocycles. The van der Waals surface area contributed by atoms with E-state index >= 15 is 0 Å². The van der Waals surface area contributed by atoms with Crippen molar-refractivity contribution >= 4 is 0 Å². The number of aliphatic hydroxyl groups is 1. The number of benzene rings is 1. The Morgan fingerprint density at radius 1 is 1.12 bits per heavy atom. The Hall–Kier alpha value is -0.820. The molecule has 0 saturated heterocycles. The van der Waals surface area contributed by atoms with Crippen LogP contribution in [0.15, 0.2) is 24.3 Å². The first-order valence-electron chi connectivity index (χ1n) is 6.38. The monoisotopic (exact) mass is 218 g/mol. The van der Waals surface area contributed by atoms with Gasteiger partial charge in [-0.15, -0.1) is 0 Å². The third-order valence-corrected chi connectivity index (χ3v) is 3.37. The second-order valence-electron chi connectivity index (χ2n) is 5.64. The minimum atomic E-state index is -0.309. The molecule has 0 bridgehead atoms. The molecule has 0 unspecified atom stereocenters. The fourth-order valence-corrected chi connectivity index (χ4v) is 2.08. The maximum Gasteiger partial charge on any atom is 0.0653 e. The zero-order chi connectivity index (χ0) is 11.6. The van der Waals surface area contributed by atoms with Crippen molar-refractivity contribution in [3.63, 3.8) is 0 Å². The highest BCUT2D eigenvalue weighted by molar-refractivity contribution is 5.23. The molecule has 0 spiro atoms. The maximum atomic E-state index is 9.76. The van der Waals surface area contributed by atoms with E-state index in [1.807, 2.05) is 0 Å². The largest absolute Gasteiger partial charge is 0.390 e. The molecule has 0 aliphatic heterocycles. The molecule has 88 valence electrons. The molecule has 2 rings (SSSR count). The first-order valence-corrected chi connectivity index (χ1v) is 6.38. The van der Waals surface area contributed by atoms with Crippen molar-refractivity contribution < 1.29 is 5.11 Å². The highest BCUT2D eigenvalue weighted by Gasteiger charge is 2.39. The first-order chi connectivity index (χ1) is 7.57. The fourth-order valence-electron chi connectivity index (χ4n) is 2.08. The van der Waals surface area contributed by atoms with Gasteiger partial charge in [0.2, 0.25) is 0 Å². The Balaban J connectivity index is 1.86. The van der Waals surface area contributed by atoms with Crippen LogP contribution in [0.1, 0.15) is 44.2 Å². The first kappa shape index (κ1) is 11.7. The second kappa shape index (κ2) is 4.58. The summed E-state index contributed by atoms with van der Waals surface area (Å²) in [4.78, 5) is 0. The lowest BCUT2D eigenvalue weighted by molar-refractivity contribution is 0.140. The van der Waals surface area contributed by atoms with Gasteiger partial charge in [0.15, 0.2) is 0 Å². The van der Waals surface area contributed by atoms with Crippen LogP contribution in [0.3, 0.4) is 0 Å². The molecule has 0 aromatic heterocycles. The molecular formula is C15H22O. The second-order valence-corrected chi connectivity index (χ2v) is 5.64. The van der Waals surface area contributed by atoms with Gasteiger partial charge in [-0.25, -0.2) is 0 Å². The van der Waals surface area contributed by atoms with Crippen LogP contribution in [-0.2, 0) is 12.8 Å². The van der Waals surface area contributed by atoms with Gasteiger partial charge < -0.3 is 5.11 Å². The van der Waals surface area contributed by atoms with Crippen molar-refractivity contribution in [2.45, 2.75) is 51.6 Å². The summed E-state index contributed by atoms with van der Waals surface area (Å²) < 4.78 is 0. The van der Waals surface area contributed by atoms with Crippen LogP contribution in [0.25, 0.3) is 0 Å². The highest BCUT2D eigenvalue weighted by atomic mass is 16.3. The van der Waals surface area contributed by atoms with Crippen LogP contribution in [0.2, 0.25) is 0 Å². The number of hydrogen-bond donors (Lipinski definition) is 1. The minimum Gasteiger partial charge on any atom is -0.390 e. The average molecular weight is 218 g/mol. The normalized spacial score (nSPS) is 17.8. The molecule has 1 aromatic rings. The van der Waals surface area contributed by atoms with Gasteiger partial charge in [-0.05, 0) is 49.1 Å². The van der Waals surface area contributed by atoms with Gasteiger partial charge in [0.05, 0.1) is 5.60 Å². The van der Waals surface area contributed by atoms with E-state index in [2.05, 4.69) is 38.1 Å². The van der Waals surface area contributed by atoms with E-state index in [4.69, 9.17) is 0 Å². The van der Waals surface area contributed by atoms with E-state index in [0.717, 1.165) is 38.0 Å². The zero-order valence-electron chi connectivity index (χ0n) is 10.4. The van der Waals surface area contributed by atoms with Crippen molar-refractivity contribution in [3.8, 4) is 0 Å². The Morgan fingerprint density at radius 3 is 2.19 bits per heavy atom. The van der Waals surface area contributed by atoms with E-state index in [-0.39, 0.29) is 5.60 Å². The molecule has 0 atom stereocenters. The lowest BCUT2D eigenvalue weighted by Crippen LogP contribution is -2.07. The van der Waals surface area contributed by atoms with Crippen molar-refractivity contribution in [1.29, 1.82) is 0 Å². The summed E-state index contributed by atoms with van der Waals surface area (Å²) >= 11 is 0. The topological polar surface area (TPSA) is 20.2 Å². The molecular weight excluding hydrogens is 196 g/mol. The Bertz CT molecular complexity index is 333. The van der Waals surface area contributed by atoms with E-state index in [1.54, 1.807) is 0 Å². The van der Waals surface area contributed by atoms with Gasteiger partial charge in [0, 0.05) is 0 Å².